The van der Waals surface area contributed by atoms with Gasteiger partial charge < -0.3 is 4.74 Å². The van der Waals surface area contributed by atoms with Gasteiger partial charge in [0.25, 0.3) is 0 Å². The summed E-state index contributed by atoms with van der Waals surface area (Å²) in [6.45, 7) is 4.76. The first-order chi connectivity index (χ1) is 11.1. The minimum Gasteiger partial charge on any atom is -0.496 e. The lowest BCUT2D eigenvalue weighted by molar-refractivity contribution is 0.320. The first kappa shape index (κ1) is 16.4. The van der Waals surface area contributed by atoms with Crippen molar-refractivity contribution in [3.05, 3.63) is 53.6 Å². The lowest BCUT2D eigenvalue weighted by atomic mass is 9.74. The lowest BCUT2D eigenvalue weighted by Crippen LogP contribution is -2.17. The molecule has 0 N–H and O–H groups in total. The smallest absolute Gasteiger partial charge is 0.127 e. The fourth-order valence-electron chi connectivity index (χ4n) is 4.07. The highest BCUT2D eigenvalue weighted by Gasteiger charge is 2.38. The zero-order valence-corrected chi connectivity index (χ0v) is 15.0. The van der Waals surface area contributed by atoms with E-state index < -0.39 is 0 Å². The van der Waals surface area contributed by atoms with E-state index in [1.807, 2.05) is 0 Å². The Morgan fingerprint density at radius 2 is 1.87 bits per heavy atom. The van der Waals surface area contributed by atoms with Crippen molar-refractivity contribution >= 4 is 11.6 Å². The minimum absolute atomic E-state index is 0.293. The van der Waals surface area contributed by atoms with Gasteiger partial charge >= 0.3 is 0 Å². The van der Waals surface area contributed by atoms with E-state index in [0.29, 0.717) is 17.2 Å². The van der Waals surface area contributed by atoms with E-state index in [4.69, 9.17) is 16.3 Å². The second-order valence-electron chi connectivity index (χ2n) is 7.15. The van der Waals surface area contributed by atoms with Gasteiger partial charge in [0.15, 0.2) is 0 Å². The van der Waals surface area contributed by atoms with Crippen LogP contribution < -0.4 is 4.74 Å². The van der Waals surface area contributed by atoms with Crippen LogP contribution in [0.3, 0.4) is 0 Å². The Balaban J connectivity index is 2.24. The van der Waals surface area contributed by atoms with Crippen LogP contribution in [0.2, 0.25) is 0 Å². The Labute approximate surface area is 144 Å². The van der Waals surface area contributed by atoms with Gasteiger partial charge in [-0.2, -0.15) is 0 Å². The van der Waals surface area contributed by atoms with Gasteiger partial charge in [0.2, 0.25) is 0 Å². The quantitative estimate of drug-likeness (QED) is 0.590. The number of hydrogen-bond donors (Lipinski definition) is 0. The monoisotopic (exact) mass is 328 g/mol. The van der Waals surface area contributed by atoms with Crippen LogP contribution >= 0.6 is 11.6 Å². The minimum atomic E-state index is 0.293. The molecule has 1 aliphatic rings. The topological polar surface area (TPSA) is 9.23 Å². The summed E-state index contributed by atoms with van der Waals surface area (Å²) in [6, 6.07) is 15.0. The molecular formula is C21H25ClO. The van der Waals surface area contributed by atoms with Crippen LogP contribution in [-0.4, -0.2) is 7.11 Å². The highest BCUT2D eigenvalue weighted by molar-refractivity contribution is 6.17. The van der Waals surface area contributed by atoms with Gasteiger partial charge in [0, 0.05) is 11.1 Å². The molecule has 0 bridgehead atoms. The molecule has 3 rings (SSSR count). The zero-order chi connectivity index (χ0) is 16.4. The highest BCUT2D eigenvalue weighted by Crippen LogP contribution is 2.54. The van der Waals surface area contributed by atoms with Crippen molar-refractivity contribution in [3.63, 3.8) is 0 Å². The van der Waals surface area contributed by atoms with Crippen molar-refractivity contribution in [3.8, 4) is 16.9 Å². The van der Waals surface area contributed by atoms with Crippen molar-refractivity contribution in [2.45, 2.75) is 44.9 Å². The second kappa shape index (κ2) is 6.57. The Morgan fingerprint density at radius 1 is 1.13 bits per heavy atom. The second-order valence-corrected chi connectivity index (χ2v) is 7.42. The van der Waals surface area contributed by atoms with E-state index in [0.717, 1.165) is 11.3 Å². The maximum Gasteiger partial charge on any atom is 0.127 e. The maximum atomic E-state index is 6.18. The van der Waals surface area contributed by atoms with Crippen LogP contribution in [-0.2, 0) is 5.88 Å². The van der Waals surface area contributed by atoms with E-state index >= 15 is 0 Å². The predicted molar refractivity (Wildman–Crippen MR) is 98.4 cm³/mol. The van der Waals surface area contributed by atoms with Crippen LogP contribution in [0, 0.1) is 5.41 Å². The van der Waals surface area contributed by atoms with Crippen molar-refractivity contribution in [2.24, 2.45) is 5.41 Å². The Kier molecular flexibility index (Phi) is 4.68. The number of rotatable bonds is 4. The van der Waals surface area contributed by atoms with Crippen molar-refractivity contribution in [2.75, 3.05) is 7.11 Å². The van der Waals surface area contributed by atoms with Gasteiger partial charge in [-0.05, 0) is 35.3 Å². The average Bonchev–Trinajstić information content (AvgIpc) is 2.93. The van der Waals surface area contributed by atoms with E-state index in [1.165, 1.54) is 36.0 Å². The van der Waals surface area contributed by atoms with Gasteiger partial charge in [-0.3, -0.25) is 0 Å². The number of ether oxygens (including phenoxy) is 1. The molecule has 0 aliphatic heterocycles. The molecule has 2 aromatic rings. The molecule has 1 aliphatic carbocycles. The van der Waals surface area contributed by atoms with Crippen molar-refractivity contribution in [1.29, 1.82) is 0 Å². The summed E-state index contributed by atoms with van der Waals surface area (Å²) in [5.41, 5.74) is 5.27. The fourth-order valence-corrected chi connectivity index (χ4v) is 4.28. The number of alkyl halides is 1. The predicted octanol–water partition coefficient (Wildman–Crippen LogP) is 6.39. The van der Waals surface area contributed by atoms with E-state index in [-0.39, 0.29) is 0 Å². The molecule has 2 aromatic carbocycles. The molecular weight excluding hydrogens is 304 g/mol. The Hall–Kier alpha value is -1.47. The third-order valence-electron chi connectivity index (χ3n) is 5.32. The Morgan fingerprint density at radius 3 is 2.43 bits per heavy atom. The summed E-state index contributed by atoms with van der Waals surface area (Å²) in [5, 5.41) is 0. The van der Waals surface area contributed by atoms with Crippen LogP contribution in [0.5, 0.6) is 5.75 Å². The number of benzene rings is 2. The summed E-state index contributed by atoms with van der Waals surface area (Å²) >= 11 is 6.18. The van der Waals surface area contributed by atoms with E-state index in [1.54, 1.807) is 7.11 Å². The van der Waals surface area contributed by atoms with E-state index in [9.17, 15) is 0 Å². The molecule has 0 aromatic heterocycles. The molecule has 1 nitrogen and oxygen atoms in total. The summed E-state index contributed by atoms with van der Waals surface area (Å²) < 4.78 is 5.85. The number of methoxy groups -OCH3 is 1. The van der Waals surface area contributed by atoms with Crippen LogP contribution in [0.4, 0.5) is 0 Å². The molecule has 1 saturated carbocycles. The van der Waals surface area contributed by atoms with Gasteiger partial charge in [-0.15, -0.1) is 11.6 Å². The molecule has 0 unspecified atom stereocenters. The fraction of sp³-hybridized carbons (Fsp3) is 0.429. The number of hydrogen-bond acceptors (Lipinski definition) is 1. The lowest BCUT2D eigenvalue weighted by Gasteiger charge is -2.31. The first-order valence-electron chi connectivity index (χ1n) is 8.39. The van der Waals surface area contributed by atoms with Gasteiger partial charge in [-0.1, -0.05) is 62.7 Å². The molecule has 0 saturated heterocycles. The largest absolute Gasteiger partial charge is 0.496 e. The van der Waals surface area contributed by atoms with Crippen molar-refractivity contribution < 1.29 is 4.74 Å². The standard InChI is InChI=1S/C21H25ClO/c1-21(2)13-7-10-18(21)19-17(15-8-5-4-6-9-15)12-11-16(14-22)20(19)23-3/h4-6,8-9,11-12,18H,7,10,13-14H2,1-3H3/t18-/m1/s1. The molecule has 0 heterocycles. The third kappa shape index (κ3) is 2.99. The maximum absolute atomic E-state index is 6.18. The normalized spacial score (nSPS) is 19.7. The molecule has 2 heteroatoms. The van der Waals surface area contributed by atoms with Crippen LogP contribution in [0.1, 0.15) is 50.2 Å². The highest BCUT2D eigenvalue weighted by atomic mass is 35.5. The molecule has 23 heavy (non-hydrogen) atoms. The molecule has 0 amide bonds. The first-order valence-corrected chi connectivity index (χ1v) is 8.93. The summed E-state index contributed by atoms with van der Waals surface area (Å²) in [4.78, 5) is 0. The van der Waals surface area contributed by atoms with Crippen molar-refractivity contribution in [1.82, 2.24) is 0 Å². The van der Waals surface area contributed by atoms with Gasteiger partial charge in [-0.25, -0.2) is 0 Å². The SMILES string of the molecule is COc1c(CCl)ccc(-c2ccccc2)c1[C@H]1CCCC1(C)C. The summed E-state index contributed by atoms with van der Waals surface area (Å²) in [6.07, 6.45) is 3.76. The third-order valence-corrected chi connectivity index (χ3v) is 5.60. The van der Waals surface area contributed by atoms with Crippen LogP contribution in [0.25, 0.3) is 11.1 Å². The number of halogens is 1. The molecule has 1 fully saturated rings. The average molecular weight is 329 g/mol. The van der Waals surface area contributed by atoms with E-state index in [2.05, 4.69) is 56.3 Å². The van der Waals surface area contributed by atoms with Crippen LogP contribution in [0.15, 0.2) is 42.5 Å². The molecule has 0 spiro atoms. The zero-order valence-electron chi connectivity index (χ0n) is 14.2. The molecule has 0 radical (unpaired) electrons. The molecule has 122 valence electrons. The molecule has 1 atom stereocenters. The summed E-state index contributed by atoms with van der Waals surface area (Å²) in [7, 11) is 1.77. The summed E-state index contributed by atoms with van der Waals surface area (Å²) in [5.74, 6) is 1.98. The van der Waals surface area contributed by atoms with Gasteiger partial charge in [0.1, 0.15) is 5.75 Å². The Bertz CT molecular complexity index is 676. The van der Waals surface area contributed by atoms with Gasteiger partial charge in [0.05, 0.1) is 13.0 Å².